The smallest absolute Gasteiger partial charge is 0.246 e. The lowest BCUT2D eigenvalue weighted by molar-refractivity contribution is -0.125. The van der Waals surface area contributed by atoms with Crippen LogP contribution in [0.25, 0.3) is 0 Å². The molecule has 0 aromatic carbocycles. The summed E-state index contributed by atoms with van der Waals surface area (Å²) in [6.45, 7) is 2.67. The van der Waals surface area contributed by atoms with Gasteiger partial charge in [0.1, 0.15) is 18.8 Å². The molecule has 1 aromatic rings. The number of carbonyl (C=O) groups excluding carboxylic acids is 1. The number of amides is 1. The van der Waals surface area contributed by atoms with Gasteiger partial charge in [0.05, 0.1) is 12.3 Å². The average Bonchev–Trinajstić information content (AvgIpc) is 2.99. The number of methoxy groups -OCH3 is 2. The van der Waals surface area contributed by atoms with Crippen molar-refractivity contribution in [3.8, 4) is 0 Å². The van der Waals surface area contributed by atoms with Gasteiger partial charge >= 0.3 is 0 Å². The monoisotopic (exact) mass is 334 g/mol. The van der Waals surface area contributed by atoms with Crippen LogP contribution >= 0.6 is 0 Å². The maximum atomic E-state index is 11.7. The maximum absolute atomic E-state index is 11.7. The summed E-state index contributed by atoms with van der Waals surface area (Å²) in [4.78, 5) is 22.7. The summed E-state index contributed by atoms with van der Waals surface area (Å²) < 4.78 is 10.0. The fraction of sp³-hybridized carbons (Fsp3) is 0.706. The Morgan fingerprint density at radius 2 is 2.08 bits per heavy atom. The van der Waals surface area contributed by atoms with Crippen LogP contribution in [0.1, 0.15) is 25.0 Å². The molecule has 1 saturated carbocycles. The second-order valence-electron chi connectivity index (χ2n) is 6.74. The van der Waals surface area contributed by atoms with Crippen molar-refractivity contribution in [2.24, 2.45) is 11.8 Å². The van der Waals surface area contributed by atoms with E-state index in [2.05, 4.69) is 20.2 Å². The Hall–Kier alpha value is -1.73. The van der Waals surface area contributed by atoms with Crippen LogP contribution < -0.4 is 10.2 Å². The van der Waals surface area contributed by atoms with Gasteiger partial charge in [-0.25, -0.2) is 9.97 Å². The third kappa shape index (κ3) is 4.02. The SMILES string of the molecule is COCC(=O)NC1CCC2CN(c3cc(COC)ncn3)CC2C1. The summed E-state index contributed by atoms with van der Waals surface area (Å²) in [5.41, 5.74) is 0.905. The lowest BCUT2D eigenvalue weighted by atomic mass is 9.79. The van der Waals surface area contributed by atoms with Crippen LogP contribution in [0.2, 0.25) is 0 Å². The van der Waals surface area contributed by atoms with Crippen molar-refractivity contribution in [2.45, 2.75) is 31.9 Å². The molecule has 132 valence electrons. The molecule has 2 heterocycles. The van der Waals surface area contributed by atoms with Gasteiger partial charge in [0.15, 0.2) is 0 Å². The highest BCUT2D eigenvalue weighted by atomic mass is 16.5. The number of hydrogen-bond acceptors (Lipinski definition) is 6. The first-order chi connectivity index (χ1) is 11.7. The molecule has 0 radical (unpaired) electrons. The van der Waals surface area contributed by atoms with Crippen molar-refractivity contribution in [3.05, 3.63) is 18.1 Å². The van der Waals surface area contributed by atoms with Gasteiger partial charge in [-0.15, -0.1) is 0 Å². The molecule has 3 atom stereocenters. The Morgan fingerprint density at radius 1 is 1.25 bits per heavy atom. The second-order valence-corrected chi connectivity index (χ2v) is 6.74. The summed E-state index contributed by atoms with van der Waals surface area (Å²) in [6, 6.07) is 2.28. The van der Waals surface area contributed by atoms with Gasteiger partial charge in [0.25, 0.3) is 0 Å². The van der Waals surface area contributed by atoms with Crippen molar-refractivity contribution >= 4 is 11.7 Å². The molecular weight excluding hydrogens is 308 g/mol. The quantitative estimate of drug-likeness (QED) is 0.836. The molecule has 3 unspecified atom stereocenters. The zero-order valence-corrected chi connectivity index (χ0v) is 14.4. The summed E-state index contributed by atoms with van der Waals surface area (Å²) >= 11 is 0. The Bertz CT molecular complexity index is 569. The van der Waals surface area contributed by atoms with Crippen molar-refractivity contribution in [3.63, 3.8) is 0 Å². The predicted octanol–water partition coefficient (Wildman–Crippen LogP) is 0.990. The normalized spacial score (nSPS) is 26.2. The zero-order valence-electron chi connectivity index (χ0n) is 14.4. The highest BCUT2D eigenvalue weighted by Crippen LogP contribution is 2.37. The Kier molecular flexibility index (Phi) is 5.63. The molecule has 7 heteroatoms. The fourth-order valence-electron chi connectivity index (χ4n) is 3.94. The first kappa shape index (κ1) is 17.1. The van der Waals surface area contributed by atoms with Crippen LogP contribution in [0.15, 0.2) is 12.4 Å². The molecule has 2 aliphatic rings. The van der Waals surface area contributed by atoms with Crippen LogP contribution in [0.4, 0.5) is 5.82 Å². The second kappa shape index (κ2) is 7.90. The molecule has 7 nitrogen and oxygen atoms in total. The van der Waals surface area contributed by atoms with Gasteiger partial charge in [0, 0.05) is 39.4 Å². The van der Waals surface area contributed by atoms with Crippen LogP contribution in [0, 0.1) is 11.8 Å². The van der Waals surface area contributed by atoms with Gasteiger partial charge in [-0.05, 0) is 31.1 Å². The van der Waals surface area contributed by atoms with E-state index in [1.165, 1.54) is 0 Å². The third-order valence-corrected chi connectivity index (χ3v) is 5.02. The van der Waals surface area contributed by atoms with E-state index in [1.807, 2.05) is 6.07 Å². The molecule has 2 fully saturated rings. The van der Waals surface area contributed by atoms with E-state index in [0.717, 1.165) is 43.9 Å². The van der Waals surface area contributed by atoms with Crippen LogP contribution in [-0.2, 0) is 20.9 Å². The predicted molar refractivity (Wildman–Crippen MR) is 89.6 cm³/mol. The van der Waals surface area contributed by atoms with E-state index in [9.17, 15) is 4.79 Å². The van der Waals surface area contributed by atoms with Crippen LogP contribution in [0.5, 0.6) is 0 Å². The summed E-state index contributed by atoms with van der Waals surface area (Å²) in [6.07, 6.45) is 4.84. The Morgan fingerprint density at radius 3 is 2.88 bits per heavy atom. The minimum Gasteiger partial charge on any atom is -0.378 e. The van der Waals surface area contributed by atoms with Crippen molar-refractivity contribution < 1.29 is 14.3 Å². The number of aromatic nitrogens is 2. The van der Waals surface area contributed by atoms with E-state index in [1.54, 1.807) is 20.5 Å². The zero-order chi connectivity index (χ0) is 16.9. The summed E-state index contributed by atoms with van der Waals surface area (Å²) in [5, 5.41) is 3.09. The number of fused-ring (bicyclic) bond motifs is 1. The molecule has 1 aliphatic carbocycles. The van der Waals surface area contributed by atoms with Gasteiger partial charge in [-0.2, -0.15) is 0 Å². The Labute approximate surface area is 142 Å². The van der Waals surface area contributed by atoms with Gasteiger partial charge in [0.2, 0.25) is 5.91 Å². The van der Waals surface area contributed by atoms with Crippen LogP contribution in [-0.4, -0.2) is 55.8 Å². The van der Waals surface area contributed by atoms with E-state index in [-0.39, 0.29) is 18.6 Å². The molecule has 1 N–H and O–H groups in total. The summed E-state index contributed by atoms with van der Waals surface area (Å²) in [7, 11) is 3.22. The number of hydrogen-bond donors (Lipinski definition) is 1. The first-order valence-corrected chi connectivity index (χ1v) is 8.52. The van der Waals surface area contributed by atoms with Crippen LogP contribution in [0.3, 0.4) is 0 Å². The average molecular weight is 334 g/mol. The highest BCUT2D eigenvalue weighted by Gasteiger charge is 2.38. The standard InChI is InChI=1S/C17H26N4O3/c1-23-9-15-6-16(19-11-18-15)21-7-12-3-4-14(5-13(12)8-21)20-17(22)10-24-2/h6,11-14H,3-5,7-10H2,1-2H3,(H,20,22). The molecule has 24 heavy (non-hydrogen) atoms. The Balaban J connectivity index is 1.58. The lowest BCUT2D eigenvalue weighted by Gasteiger charge is -2.31. The molecule has 1 aromatic heterocycles. The lowest BCUT2D eigenvalue weighted by Crippen LogP contribution is -2.42. The number of nitrogens with one attached hydrogen (secondary N) is 1. The van der Waals surface area contributed by atoms with E-state index < -0.39 is 0 Å². The summed E-state index contributed by atoms with van der Waals surface area (Å²) in [5.74, 6) is 2.25. The van der Waals surface area contributed by atoms with E-state index in [0.29, 0.717) is 18.4 Å². The van der Waals surface area contributed by atoms with E-state index in [4.69, 9.17) is 9.47 Å². The number of ether oxygens (including phenoxy) is 2. The minimum atomic E-state index is -0.0178. The molecule has 0 bridgehead atoms. The van der Waals surface area contributed by atoms with Gasteiger partial charge in [-0.1, -0.05) is 0 Å². The molecule has 1 aliphatic heterocycles. The van der Waals surface area contributed by atoms with E-state index >= 15 is 0 Å². The van der Waals surface area contributed by atoms with Crippen molar-refractivity contribution in [1.82, 2.24) is 15.3 Å². The third-order valence-electron chi connectivity index (χ3n) is 5.02. The van der Waals surface area contributed by atoms with Gasteiger partial charge in [-0.3, -0.25) is 4.79 Å². The number of nitrogens with zero attached hydrogens (tertiary/aromatic N) is 3. The molecule has 3 rings (SSSR count). The largest absolute Gasteiger partial charge is 0.378 e. The minimum absolute atomic E-state index is 0.0178. The highest BCUT2D eigenvalue weighted by molar-refractivity contribution is 5.77. The fourth-order valence-corrected chi connectivity index (χ4v) is 3.94. The number of rotatable bonds is 6. The van der Waals surface area contributed by atoms with Crippen molar-refractivity contribution in [1.29, 1.82) is 0 Å². The molecule has 1 amide bonds. The van der Waals surface area contributed by atoms with Gasteiger partial charge < -0.3 is 19.7 Å². The molecule has 0 spiro atoms. The number of carbonyl (C=O) groups is 1. The number of anilines is 1. The maximum Gasteiger partial charge on any atom is 0.246 e. The molecular formula is C17H26N4O3. The van der Waals surface area contributed by atoms with Crippen molar-refractivity contribution in [2.75, 3.05) is 38.8 Å². The topological polar surface area (TPSA) is 76.6 Å². The molecule has 1 saturated heterocycles. The first-order valence-electron chi connectivity index (χ1n) is 8.52.